The topological polar surface area (TPSA) is 102 Å². The van der Waals surface area contributed by atoms with E-state index in [2.05, 4.69) is 5.32 Å². The van der Waals surface area contributed by atoms with Crippen LogP contribution in [0, 0.1) is 5.92 Å². The van der Waals surface area contributed by atoms with Crippen LogP contribution in [0.2, 0.25) is 0 Å². The van der Waals surface area contributed by atoms with Gasteiger partial charge in [-0.3, -0.25) is 4.79 Å². The minimum absolute atomic E-state index is 0.0238. The van der Waals surface area contributed by atoms with Crippen molar-refractivity contribution in [2.24, 2.45) is 11.7 Å². The summed E-state index contributed by atoms with van der Waals surface area (Å²) in [5, 5.41) is 11.9. The zero-order valence-corrected chi connectivity index (χ0v) is 10.9. The number of ether oxygens (including phenoxy) is 1. The molecule has 0 radical (unpaired) electrons. The molecule has 0 aromatic carbocycles. The molecule has 1 unspecified atom stereocenters. The van der Waals surface area contributed by atoms with Crippen LogP contribution >= 0.6 is 0 Å². The summed E-state index contributed by atoms with van der Waals surface area (Å²) in [5.74, 6) is -1.39. The van der Waals surface area contributed by atoms with E-state index >= 15 is 0 Å². The summed E-state index contributed by atoms with van der Waals surface area (Å²) >= 11 is 0. The summed E-state index contributed by atoms with van der Waals surface area (Å²) in [7, 11) is 0. The first-order valence-electron chi connectivity index (χ1n) is 6.31. The first kappa shape index (κ1) is 14.9. The van der Waals surface area contributed by atoms with Gasteiger partial charge in [0.1, 0.15) is 5.54 Å². The molecule has 2 atom stereocenters. The maximum Gasteiger partial charge on any atom is 0.329 e. The summed E-state index contributed by atoms with van der Waals surface area (Å²) in [6.07, 6.45) is 1.33. The van der Waals surface area contributed by atoms with Crippen molar-refractivity contribution < 1.29 is 19.4 Å². The second kappa shape index (κ2) is 6.15. The Bertz CT molecular complexity index is 313. The van der Waals surface area contributed by atoms with Crippen molar-refractivity contribution in [3.63, 3.8) is 0 Å². The van der Waals surface area contributed by atoms with Crippen molar-refractivity contribution in [2.45, 2.75) is 44.7 Å². The number of carboxylic acid groups (broad SMARTS) is 1. The predicted molar refractivity (Wildman–Crippen MR) is 66.0 cm³/mol. The summed E-state index contributed by atoms with van der Waals surface area (Å²) in [6.45, 7) is 4.50. The third-order valence-electron chi connectivity index (χ3n) is 3.68. The summed E-state index contributed by atoms with van der Waals surface area (Å²) in [5.41, 5.74) is 4.59. The fourth-order valence-electron chi connectivity index (χ4n) is 1.94. The van der Waals surface area contributed by atoms with Crippen LogP contribution in [0.15, 0.2) is 0 Å². The molecule has 0 bridgehead atoms. The van der Waals surface area contributed by atoms with Crippen LogP contribution < -0.4 is 11.1 Å². The minimum atomic E-state index is -1.22. The zero-order chi connectivity index (χ0) is 13.8. The molecule has 0 aliphatic carbocycles. The largest absolute Gasteiger partial charge is 0.480 e. The van der Waals surface area contributed by atoms with Gasteiger partial charge in [-0.2, -0.15) is 0 Å². The lowest BCUT2D eigenvalue weighted by atomic mass is 9.89. The van der Waals surface area contributed by atoms with Crippen molar-refractivity contribution in [3.05, 3.63) is 0 Å². The Kier molecular flexibility index (Phi) is 5.10. The number of aliphatic carboxylic acids is 1. The van der Waals surface area contributed by atoms with Gasteiger partial charge in [0.15, 0.2) is 0 Å². The van der Waals surface area contributed by atoms with E-state index < -0.39 is 23.5 Å². The monoisotopic (exact) mass is 258 g/mol. The zero-order valence-electron chi connectivity index (χ0n) is 10.9. The molecule has 1 amide bonds. The van der Waals surface area contributed by atoms with E-state index in [-0.39, 0.29) is 18.8 Å². The number of nitrogens with two attached hydrogens (primary N) is 1. The molecule has 1 rings (SSSR count). The molecule has 0 saturated carbocycles. The number of hydrogen-bond acceptors (Lipinski definition) is 4. The van der Waals surface area contributed by atoms with Gasteiger partial charge in [0.05, 0.1) is 6.04 Å². The van der Waals surface area contributed by atoms with Crippen LogP contribution in [0.4, 0.5) is 0 Å². The molecule has 0 aromatic rings. The Hall–Kier alpha value is -1.14. The standard InChI is InChI=1S/C12H22N2O4/c1-3-8(2)9(13)10(15)14-12(11(16)17)4-6-18-7-5-12/h8-9H,3-7,13H2,1-2H3,(H,14,15)(H,16,17)/t8?,9-/m0/s1. The molecule has 6 heteroatoms. The smallest absolute Gasteiger partial charge is 0.329 e. The molecule has 104 valence electrons. The average molecular weight is 258 g/mol. The Balaban J connectivity index is 2.72. The van der Waals surface area contributed by atoms with Crippen molar-refractivity contribution in [1.29, 1.82) is 0 Å². The third-order valence-corrected chi connectivity index (χ3v) is 3.68. The van der Waals surface area contributed by atoms with Gasteiger partial charge in [0.25, 0.3) is 0 Å². The molecular weight excluding hydrogens is 236 g/mol. The molecule has 1 heterocycles. The maximum atomic E-state index is 12.0. The van der Waals surface area contributed by atoms with Crippen molar-refractivity contribution in [2.75, 3.05) is 13.2 Å². The van der Waals surface area contributed by atoms with Crippen LogP contribution in [0.25, 0.3) is 0 Å². The Labute approximate surface area is 107 Å². The lowest BCUT2D eigenvalue weighted by Gasteiger charge is -2.35. The summed E-state index contributed by atoms with van der Waals surface area (Å²) in [6, 6.07) is -0.672. The predicted octanol–water partition coefficient (Wildman–Crippen LogP) is 0.110. The van der Waals surface area contributed by atoms with E-state index in [0.717, 1.165) is 6.42 Å². The number of carboxylic acids is 1. The Morgan fingerprint density at radius 1 is 1.44 bits per heavy atom. The molecule has 1 aliphatic rings. The van der Waals surface area contributed by atoms with E-state index in [0.29, 0.717) is 13.2 Å². The second-order valence-corrected chi connectivity index (χ2v) is 4.90. The van der Waals surface area contributed by atoms with Gasteiger partial charge >= 0.3 is 5.97 Å². The van der Waals surface area contributed by atoms with Crippen LogP contribution in [0.5, 0.6) is 0 Å². The molecule has 1 fully saturated rings. The fourth-order valence-corrected chi connectivity index (χ4v) is 1.94. The van der Waals surface area contributed by atoms with Gasteiger partial charge in [-0.15, -0.1) is 0 Å². The minimum Gasteiger partial charge on any atom is -0.480 e. The number of carbonyl (C=O) groups is 2. The Morgan fingerprint density at radius 2 is 2.00 bits per heavy atom. The SMILES string of the molecule is CCC(C)[C@H](N)C(=O)NC1(C(=O)O)CCOCC1. The van der Waals surface area contributed by atoms with Crippen molar-refractivity contribution in [3.8, 4) is 0 Å². The van der Waals surface area contributed by atoms with E-state index in [4.69, 9.17) is 10.5 Å². The number of nitrogens with one attached hydrogen (secondary N) is 1. The second-order valence-electron chi connectivity index (χ2n) is 4.90. The average Bonchev–Trinajstić information content (AvgIpc) is 2.37. The third kappa shape index (κ3) is 3.20. The van der Waals surface area contributed by atoms with Crippen LogP contribution in [-0.2, 0) is 14.3 Å². The van der Waals surface area contributed by atoms with E-state index in [1.807, 2.05) is 13.8 Å². The van der Waals surface area contributed by atoms with Gasteiger partial charge in [-0.05, 0) is 5.92 Å². The molecule has 18 heavy (non-hydrogen) atoms. The number of carbonyl (C=O) groups excluding carboxylic acids is 1. The van der Waals surface area contributed by atoms with Gasteiger partial charge in [-0.1, -0.05) is 20.3 Å². The molecule has 0 spiro atoms. The maximum absolute atomic E-state index is 12.0. The number of rotatable bonds is 5. The first-order valence-corrected chi connectivity index (χ1v) is 6.31. The normalized spacial score (nSPS) is 21.9. The van der Waals surface area contributed by atoms with Gasteiger partial charge in [0, 0.05) is 26.1 Å². The van der Waals surface area contributed by atoms with Gasteiger partial charge in [0.2, 0.25) is 5.91 Å². The molecular formula is C12H22N2O4. The van der Waals surface area contributed by atoms with E-state index in [9.17, 15) is 14.7 Å². The van der Waals surface area contributed by atoms with Crippen LogP contribution in [0.1, 0.15) is 33.1 Å². The van der Waals surface area contributed by atoms with Crippen molar-refractivity contribution >= 4 is 11.9 Å². The number of amides is 1. The molecule has 1 saturated heterocycles. The quantitative estimate of drug-likeness (QED) is 0.649. The van der Waals surface area contributed by atoms with Gasteiger partial charge in [-0.25, -0.2) is 4.79 Å². The highest BCUT2D eigenvalue weighted by molar-refractivity contribution is 5.89. The Morgan fingerprint density at radius 3 is 2.44 bits per heavy atom. The van der Waals surface area contributed by atoms with Crippen LogP contribution in [0.3, 0.4) is 0 Å². The van der Waals surface area contributed by atoms with Crippen LogP contribution in [-0.4, -0.2) is 41.8 Å². The van der Waals surface area contributed by atoms with Crippen molar-refractivity contribution in [1.82, 2.24) is 5.32 Å². The number of hydrogen-bond donors (Lipinski definition) is 3. The lowest BCUT2D eigenvalue weighted by molar-refractivity contribution is -0.152. The van der Waals surface area contributed by atoms with E-state index in [1.54, 1.807) is 0 Å². The summed E-state index contributed by atoms with van der Waals surface area (Å²) in [4.78, 5) is 23.3. The molecule has 6 nitrogen and oxygen atoms in total. The molecule has 1 aliphatic heterocycles. The molecule has 0 aromatic heterocycles. The fraction of sp³-hybridized carbons (Fsp3) is 0.833. The molecule has 4 N–H and O–H groups in total. The highest BCUT2D eigenvalue weighted by Crippen LogP contribution is 2.21. The van der Waals surface area contributed by atoms with Gasteiger partial charge < -0.3 is 20.9 Å². The highest BCUT2D eigenvalue weighted by Gasteiger charge is 2.42. The highest BCUT2D eigenvalue weighted by atomic mass is 16.5. The van der Waals surface area contributed by atoms with E-state index in [1.165, 1.54) is 0 Å². The lowest BCUT2D eigenvalue weighted by Crippen LogP contribution is -2.61. The first-order chi connectivity index (χ1) is 8.43. The summed E-state index contributed by atoms with van der Waals surface area (Å²) < 4.78 is 5.14.